The van der Waals surface area contributed by atoms with Gasteiger partial charge in [0.2, 0.25) is 0 Å². The van der Waals surface area contributed by atoms with Crippen molar-refractivity contribution in [1.29, 1.82) is 0 Å². The lowest BCUT2D eigenvalue weighted by Crippen LogP contribution is -2.37. The molecular formula is C13H21IN4O. The number of nitrogens with zero attached hydrogens (tertiary/aromatic N) is 2. The maximum atomic E-state index is 5.21. The highest BCUT2D eigenvalue weighted by atomic mass is 127. The highest BCUT2D eigenvalue weighted by Gasteiger charge is 2.08. The van der Waals surface area contributed by atoms with Gasteiger partial charge in [-0.3, -0.25) is 0 Å². The van der Waals surface area contributed by atoms with Gasteiger partial charge in [0, 0.05) is 25.1 Å². The Morgan fingerprint density at radius 3 is 2.68 bits per heavy atom. The molecule has 0 saturated heterocycles. The molecule has 0 aliphatic rings. The molecule has 0 aromatic carbocycles. The van der Waals surface area contributed by atoms with E-state index in [4.69, 9.17) is 10.9 Å². The highest BCUT2D eigenvalue weighted by molar-refractivity contribution is 14.0. The Labute approximate surface area is 131 Å². The summed E-state index contributed by atoms with van der Waals surface area (Å²) in [5.41, 5.74) is 1.92. The van der Waals surface area contributed by atoms with Crippen molar-refractivity contribution in [3.63, 3.8) is 0 Å². The van der Waals surface area contributed by atoms with E-state index in [1.165, 1.54) is 0 Å². The van der Waals surface area contributed by atoms with Crippen LogP contribution < -0.4 is 10.6 Å². The Kier molecular flexibility index (Phi) is 9.04. The Balaban J connectivity index is 0.00000324. The van der Waals surface area contributed by atoms with Crippen LogP contribution in [-0.2, 0) is 6.54 Å². The number of rotatable bonds is 5. The zero-order chi connectivity index (χ0) is 13.4. The van der Waals surface area contributed by atoms with Crippen LogP contribution in [-0.4, -0.2) is 24.2 Å². The predicted octanol–water partition coefficient (Wildman–Crippen LogP) is 1.99. The molecule has 0 spiro atoms. The summed E-state index contributed by atoms with van der Waals surface area (Å²) in [6.07, 6.45) is 5.88. The third kappa shape index (κ3) is 5.96. The van der Waals surface area contributed by atoms with Crippen LogP contribution in [0, 0.1) is 26.2 Å². The first kappa shape index (κ1) is 17.8. The average molecular weight is 376 g/mol. The standard InChI is InChI=1S/C13H20N4O.HI/c1-5-7-8-15-13(14-6-2)16-9-12-10(3)17-18-11(12)4;/h1H,6-9H2,2-4H3,(H2,14,15,16);1H. The largest absolute Gasteiger partial charge is 0.361 e. The molecule has 0 atom stereocenters. The molecule has 106 valence electrons. The average Bonchev–Trinajstić information content (AvgIpc) is 2.67. The molecule has 0 amide bonds. The first-order valence-electron chi connectivity index (χ1n) is 6.06. The van der Waals surface area contributed by atoms with Gasteiger partial charge in [-0.25, -0.2) is 4.99 Å². The molecule has 19 heavy (non-hydrogen) atoms. The van der Waals surface area contributed by atoms with Crippen molar-refractivity contribution < 1.29 is 4.52 Å². The highest BCUT2D eigenvalue weighted by Crippen LogP contribution is 2.12. The molecule has 0 bridgehead atoms. The summed E-state index contributed by atoms with van der Waals surface area (Å²) < 4.78 is 5.10. The van der Waals surface area contributed by atoms with E-state index in [0.717, 1.165) is 29.5 Å². The minimum absolute atomic E-state index is 0. The molecule has 2 N–H and O–H groups in total. The Hall–Kier alpha value is -1.23. The van der Waals surface area contributed by atoms with Crippen molar-refractivity contribution in [2.24, 2.45) is 4.99 Å². The quantitative estimate of drug-likeness (QED) is 0.271. The Morgan fingerprint density at radius 1 is 1.42 bits per heavy atom. The van der Waals surface area contributed by atoms with Gasteiger partial charge in [0.05, 0.1) is 12.2 Å². The van der Waals surface area contributed by atoms with E-state index in [2.05, 4.69) is 26.7 Å². The fourth-order valence-electron chi connectivity index (χ4n) is 1.48. The molecule has 1 heterocycles. The van der Waals surface area contributed by atoms with Crippen LogP contribution in [0.25, 0.3) is 0 Å². The summed E-state index contributed by atoms with van der Waals surface area (Å²) in [5.74, 6) is 4.16. The normalized spacial score (nSPS) is 10.5. The summed E-state index contributed by atoms with van der Waals surface area (Å²) in [7, 11) is 0. The summed E-state index contributed by atoms with van der Waals surface area (Å²) in [6, 6.07) is 0. The zero-order valence-corrected chi connectivity index (χ0v) is 13.9. The molecule has 1 rings (SSSR count). The van der Waals surface area contributed by atoms with Crippen molar-refractivity contribution >= 4 is 29.9 Å². The smallest absolute Gasteiger partial charge is 0.191 e. The predicted molar refractivity (Wildman–Crippen MR) is 87.7 cm³/mol. The molecule has 0 saturated carbocycles. The van der Waals surface area contributed by atoms with Gasteiger partial charge in [-0.05, 0) is 20.8 Å². The summed E-state index contributed by atoms with van der Waals surface area (Å²) >= 11 is 0. The molecule has 1 aromatic heterocycles. The van der Waals surface area contributed by atoms with Crippen LogP contribution in [0.4, 0.5) is 0 Å². The van der Waals surface area contributed by atoms with E-state index in [9.17, 15) is 0 Å². The molecular weight excluding hydrogens is 355 g/mol. The SMILES string of the molecule is C#CCCNC(=NCc1c(C)noc1C)NCC.I. The molecule has 5 nitrogen and oxygen atoms in total. The van der Waals surface area contributed by atoms with Crippen LogP contribution in [0.2, 0.25) is 0 Å². The second-order valence-electron chi connectivity index (χ2n) is 3.88. The number of halogens is 1. The van der Waals surface area contributed by atoms with Gasteiger partial charge in [-0.15, -0.1) is 36.3 Å². The van der Waals surface area contributed by atoms with E-state index in [-0.39, 0.29) is 24.0 Å². The number of terminal acetylenes is 1. The topological polar surface area (TPSA) is 62.5 Å². The van der Waals surface area contributed by atoms with Crippen molar-refractivity contribution in [2.45, 2.75) is 33.7 Å². The summed E-state index contributed by atoms with van der Waals surface area (Å²) in [4.78, 5) is 4.48. The monoisotopic (exact) mass is 376 g/mol. The lowest BCUT2D eigenvalue weighted by atomic mass is 10.2. The number of hydrogen-bond acceptors (Lipinski definition) is 3. The van der Waals surface area contributed by atoms with Gasteiger partial charge >= 0.3 is 0 Å². The number of guanidine groups is 1. The fourth-order valence-corrected chi connectivity index (χ4v) is 1.48. The van der Waals surface area contributed by atoms with Crippen LogP contribution in [0.15, 0.2) is 9.52 Å². The van der Waals surface area contributed by atoms with Crippen LogP contribution in [0.3, 0.4) is 0 Å². The second kappa shape index (κ2) is 9.67. The van der Waals surface area contributed by atoms with Crippen LogP contribution in [0.5, 0.6) is 0 Å². The van der Waals surface area contributed by atoms with E-state index in [0.29, 0.717) is 19.5 Å². The van der Waals surface area contributed by atoms with Crippen molar-refractivity contribution in [2.75, 3.05) is 13.1 Å². The van der Waals surface area contributed by atoms with Crippen LogP contribution in [0.1, 0.15) is 30.4 Å². The zero-order valence-electron chi connectivity index (χ0n) is 11.6. The molecule has 0 aliphatic carbocycles. The van der Waals surface area contributed by atoms with Gasteiger partial charge in [0.25, 0.3) is 0 Å². The Bertz CT molecular complexity index is 428. The van der Waals surface area contributed by atoms with Crippen LogP contribution >= 0.6 is 24.0 Å². The van der Waals surface area contributed by atoms with E-state index in [1.807, 2.05) is 20.8 Å². The maximum absolute atomic E-state index is 5.21. The number of aromatic nitrogens is 1. The first-order valence-corrected chi connectivity index (χ1v) is 6.06. The number of aryl methyl sites for hydroxylation is 2. The molecule has 0 fully saturated rings. The molecule has 0 aliphatic heterocycles. The summed E-state index contributed by atoms with van der Waals surface area (Å²) in [5, 5.41) is 10.2. The molecule has 1 aromatic rings. The molecule has 0 radical (unpaired) electrons. The van der Waals surface area contributed by atoms with Gasteiger partial charge in [0.1, 0.15) is 5.76 Å². The maximum Gasteiger partial charge on any atom is 0.191 e. The Morgan fingerprint density at radius 2 is 2.16 bits per heavy atom. The van der Waals surface area contributed by atoms with Crippen molar-refractivity contribution in [1.82, 2.24) is 15.8 Å². The number of nitrogens with one attached hydrogen (secondary N) is 2. The second-order valence-corrected chi connectivity index (χ2v) is 3.88. The minimum atomic E-state index is 0. The van der Waals surface area contributed by atoms with Gasteiger partial charge in [0.15, 0.2) is 5.96 Å². The molecule has 6 heteroatoms. The molecule has 0 unspecified atom stereocenters. The lowest BCUT2D eigenvalue weighted by molar-refractivity contribution is 0.392. The van der Waals surface area contributed by atoms with E-state index < -0.39 is 0 Å². The number of hydrogen-bond donors (Lipinski definition) is 2. The minimum Gasteiger partial charge on any atom is -0.361 e. The third-order valence-corrected chi connectivity index (χ3v) is 2.48. The number of aliphatic imine (C=N–C) groups is 1. The van der Waals surface area contributed by atoms with Crippen molar-refractivity contribution in [3.05, 3.63) is 17.0 Å². The lowest BCUT2D eigenvalue weighted by Gasteiger charge is -2.09. The first-order chi connectivity index (χ1) is 8.69. The van der Waals surface area contributed by atoms with Gasteiger partial charge < -0.3 is 15.2 Å². The summed E-state index contributed by atoms with van der Waals surface area (Å²) in [6.45, 7) is 7.90. The van der Waals surface area contributed by atoms with Gasteiger partial charge in [-0.2, -0.15) is 0 Å². The van der Waals surface area contributed by atoms with E-state index in [1.54, 1.807) is 0 Å². The van der Waals surface area contributed by atoms with E-state index >= 15 is 0 Å². The third-order valence-electron chi connectivity index (χ3n) is 2.48. The van der Waals surface area contributed by atoms with Gasteiger partial charge in [-0.1, -0.05) is 5.16 Å². The van der Waals surface area contributed by atoms with Crippen molar-refractivity contribution in [3.8, 4) is 12.3 Å². The fraction of sp³-hybridized carbons (Fsp3) is 0.538.